The fourth-order valence-corrected chi connectivity index (χ4v) is 5.15. The highest BCUT2D eigenvalue weighted by Gasteiger charge is 2.17. The minimum Gasteiger partial charge on any atom is -0.481 e. The van der Waals surface area contributed by atoms with Crippen LogP contribution >= 0.6 is 11.6 Å². The monoisotopic (exact) mass is 642 g/mol. The van der Waals surface area contributed by atoms with Crippen LogP contribution in [0, 0.1) is 32.5 Å². The summed E-state index contributed by atoms with van der Waals surface area (Å²) in [6.45, 7) is 14.2. The highest BCUT2D eigenvalue weighted by molar-refractivity contribution is 6.33. The molecule has 244 valence electrons. The van der Waals surface area contributed by atoms with Gasteiger partial charge >= 0.3 is 5.97 Å². The van der Waals surface area contributed by atoms with Crippen LogP contribution in [0.15, 0.2) is 78.9 Å². The summed E-state index contributed by atoms with van der Waals surface area (Å²) in [6, 6.07) is 22.2. The van der Waals surface area contributed by atoms with Crippen LogP contribution in [-0.4, -0.2) is 16.9 Å². The number of halogens is 2. The zero-order chi connectivity index (χ0) is 33.3. The SMILES string of the molecule is C.CCC(=O)/C(=C\Cc1ccc(C)c(CC(=O)O)c1)c1cc(-c2ccc(-c3ccc(C)cc3)c(F)c2)c(Cl)cc1C.CCC(C)C. The summed E-state index contributed by atoms with van der Waals surface area (Å²) in [5.74, 6) is -0.369. The first-order valence-corrected chi connectivity index (χ1v) is 15.9. The molecule has 0 aliphatic heterocycles. The van der Waals surface area contributed by atoms with E-state index in [0.29, 0.717) is 40.1 Å². The first-order chi connectivity index (χ1) is 21.3. The first kappa shape index (κ1) is 38.2. The van der Waals surface area contributed by atoms with Gasteiger partial charge in [-0.1, -0.05) is 119 Å². The minimum absolute atomic E-state index is 0. The first-order valence-electron chi connectivity index (χ1n) is 15.6. The van der Waals surface area contributed by atoms with Gasteiger partial charge in [-0.25, -0.2) is 4.39 Å². The Morgan fingerprint density at radius 1 is 0.848 bits per heavy atom. The molecule has 0 heterocycles. The summed E-state index contributed by atoms with van der Waals surface area (Å²) in [4.78, 5) is 24.4. The quantitative estimate of drug-likeness (QED) is 0.175. The van der Waals surface area contributed by atoms with E-state index in [1.54, 1.807) is 6.07 Å². The zero-order valence-corrected chi connectivity index (χ0v) is 28.2. The van der Waals surface area contributed by atoms with Gasteiger partial charge in [0, 0.05) is 28.1 Å². The van der Waals surface area contributed by atoms with E-state index in [1.165, 1.54) is 12.5 Å². The topological polar surface area (TPSA) is 54.4 Å². The molecule has 0 aromatic heterocycles. The third kappa shape index (κ3) is 10.3. The van der Waals surface area contributed by atoms with E-state index in [-0.39, 0.29) is 25.4 Å². The van der Waals surface area contributed by atoms with Crippen molar-refractivity contribution in [3.8, 4) is 22.3 Å². The Labute approximate surface area is 280 Å². The van der Waals surface area contributed by atoms with Crippen LogP contribution in [-0.2, 0) is 22.4 Å². The molecule has 5 heteroatoms. The van der Waals surface area contributed by atoms with Gasteiger partial charge in [-0.15, -0.1) is 0 Å². The number of hydrogen-bond acceptors (Lipinski definition) is 2. The Balaban J connectivity index is 0.00000114. The number of benzene rings is 4. The lowest BCUT2D eigenvalue weighted by Gasteiger charge is -2.15. The summed E-state index contributed by atoms with van der Waals surface area (Å²) < 4.78 is 15.3. The van der Waals surface area contributed by atoms with Gasteiger partial charge in [0.1, 0.15) is 5.82 Å². The van der Waals surface area contributed by atoms with Crippen molar-refractivity contribution in [2.45, 2.75) is 81.6 Å². The molecular formula is C41H48ClFO3. The van der Waals surface area contributed by atoms with Crippen molar-refractivity contribution >= 4 is 28.9 Å². The maximum atomic E-state index is 15.3. The maximum absolute atomic E-state index is 15.3. The largest absolute Gasteiger partial charge is 0.481 e. The third-order valence-electron chi connectivity index (χ3n) is 7.98. The lowest BCUT2D eigenvalue weighted by molar-refractivity contribution is -0.136. The van der Waals surface area contributed by atoms with E-state index in [9.17, 15) is 14.7 Å². The van der Waals surface area contributed by atoms with Gasteiger partial charge in [0.25, 0.3) is 0 Å². The summed E-state index contributed by atoms with van der Waals surface area (Å²) >= 11 is 6.65. The van der Waals surface area contributed by atoms with Gasteiger partial charge < -0.3 is 5.11 Å². The molecule has 4 aromatic carbocycles. The molecule has 46 heavy (non-hydrogen) atoms. The Hall–Kier alpha value is -4.02. The molecule has 0 aliphatic rings. The highest BCUT2D eigenvalue weighted by Crippen LogP contribution is 2.36. The van der Waals surface area contributed by atoms with Crippen LogP contribution in [0.2, 0.25) is 5.02 Å². The number of carbonyl (C=O) groups is 2. The van der Waals surface area contributed by atoms with E-state index < -0.39 is 5.97 Å². The summed E-state index contributed by atoms with van der Waals surface area (Å²) in [5, 5.41) is 9.71. The van der Waals surface area contributed by atoms with Crippen molar-refractivity contribution in [2.24, 2.45) is 5.92 Å². The van der Waals surface area contributed by atoms with Crippen molar-refractivity contribution in [3.63, 3.8) is 0 Å². The van der Waals surface area contributed by atoms with Crippen molar-refractivity contribution in [2.75, 3.05) is 0 Å². The van der Waals surface area contributed by atoms with Crippen LogP contribution in [0.25, 0.3) is 27.8 Å². The molecule has 0 radical (unpaired) electrons. The second-order valence-electron chi connectivity index (χ2n) is 11.9. The average Bonchev–Trinajstić information content (AvgIpc) is 3.00. The number of carbonyl (C=O) groups excluding carboxylic acids is 1. The molecule has 0 fully saturated rings. The molecule has 0 saturated carbocycles. The van der Waals surface area contributed by atoms with Gasteiger partial charge in [0.2, 0.25) is 0 Å². The van der Waals surface area contributed by atoms with Gasteiger partial charge in [-0.2, -0.15) is 0 Å². The van der Waals surface area contributed by atoms with Crippen LogP contribution < -0.4 is 0 Å². The fourth-order valence-electron chi connectivity index (χ4n) is 4.82. The predicted molar refractivity (Wildman–Crippen MR) is 193 cm³/mol. The fraction of sp³-hybridized carbons (Fsp3) is 0.317. The van der Waals surface area contributed by atoms with Crippen LogP contribution in [0.1, 0.15) is 81.3 Å². The number of carboxylic acid groups (broad SMARTS) is 1. The molecule has 0 bridgehead atoms. The Morgan fingerprint density at radius 2 is 1.48 bits per heavy atom. The third-order valence-corrected chi connectivity index (χ3v) is 8.29. The van der Waals surface area contributed by atoms with Crippen molar-refractivity contribution in [1.29, 1.82) is 0 Å². The number of Topliss-reactive ketones (excluding diaryl/α,β-unsaturated/α-hetero) is 1. The number of carboxylic acids is 1. The highest BCUT2D eigenvalue weighted by atomic mass is 35.5. The predicted octanol–water partition coefficient (Wildman–Crippen LogP) is 11.7. The van der Waals surface area contributed by atoms with Crippen LogP contribution in [0.3, 0.4) is 0 Å². The summed E-state index contributed by atoms with van der Waals surface area (Å²) in [7, 11) is 0. The zero-order valence-electron chi connectivity index (χ0n) is 27.4. The van der Waals surface area contributed by atoms with Crippen molar-refractivity contribution < 1.29 is 19.1 Å². The standard InChI is InChI=1S/C35H32ClFO3.C5H12.CH4/c1-5-34(38)29(14-10-24-9-8-22(3)27(17-24)19-35(39)40)30-20-31(32(36)16-23(30)4)26-13-15-28(33(37)18-26)25-11-6-21(2)7-12-25;1-4-5(2)3;/h6-9,11-18,20H,5,10,19H2,1-4H3,(H,39,40);5H,4H2,1-3H3;1H4/b29-14-;;. The van der Waals surface area contributed by atoms with Gasteiger partial charge in [0.15, 0.2) is 5.78 Å². The van der Waals surface area contributed by atoms with Gasteiger partial charge in [-0.05, 0) is 90.3 Å². The summed E-state index contributed by atoms with van der Waals surface area (Å²) in [5.41, 5.74) is 8.42. The van der Waals surface area contributed by atoms with E-state index in [0.717, 1.165) is 44.9 Å². The van der Waals surface area contributed by atoms with E-state index >= 15 is 4.39 Å². The number of rotatable bonds is 10. The molecule has 3 nitrogen and oxygen atoms in total. The number of hydrogen-bond donors (Lipinski definition) is 1. The molecule has 0 amide bonds. The Morgan fingerprint density at radius 3 is 2.04 bits per heavy atom. The van der Waals surface area contributed by atoms with Gasteiger partial charge in [-0.3, -0.25) is 9.59 Å². The number of ketones is 1. The molecule has 0 atom stereocenters. The van der Waals surface area contributed by atoms with E-state index in [4.69, 9.17) is 11.6 Å². The summed E-state index contributed by atoms with van der Waals surface area (Å²) in [6.07, 6.45) is 3.93. The second kappa shape index (κ2) is 17.6. The lowest BCUT2D eigenvalue weighted by Crippen LogP contribution is -2.04. The molecule has 4 rings (SSSR count). The number of allylic oxidation sites excluding steroid dienone is 2. The number of aryl methyl sites for hydroxylation is 3. The molecule has 4 aromatic rings. The minimum atomic E-state index is -0.884. The van der Waals surface area contributed by atoms with Gasteiger partial charge in [0.05, 0.1) is 6.42 Å². The lowest BCUT2D eigenvalue weighted by atomic mass is 9.90. The Bertz CT molecular complexity index is 1680. The average molecular weight is 643 g/mol. The second-order valence-corrected chi connectivity index (χ2v) is 12.3. The molecular weight excluding hydrogens is 595 g/mol. The molecule has 0 unspecified atom stereocenters. The smallest absolute Gasteiger partial charge is 0.307 e. The van der Waals surface area contributed by atoms with Crippen molar-refractivity contribution in [3.05, 3.63) is 123 Å². The van der Waals surface area contributed by atoms with Crippen molar-refractivity contribution in [1.82, 2.24) is 0 Å². The normalized spacial score (nSPS) is 11.0. The van der Waals surface area contributed by atoms with Crippen LogP contribution in [0.4, 0.5) is 4.39 Å². The molecule has 0 saturated heterocycles. The Kier molecular flexibility index (Phi) is 14.6. The molecule has 1 N–H and O–H groups in total. The van der Waals surface area contributed by atoms with Crippen LogP contribution in [0.5, 0.6) is 0 Å². The molecule has 0 aliphatic carbocycles. The van der Waals surface area contributed by atoms with E-state index in [2.05, 4.69) is 20.8 Å². The van der Waals surface area contributed by atoms with E-state index in [1.807, 2.05) is 94.4 Å². The maximum Gasteiger partial charge on any atom is 0.307 e. The number of aliphatic carboxylic acids is 1. The molecule has 0 spiro atoms.